The standard InChI is InChI=1S/C10H10NO4/c1-7(12)6-10(13)8-2-4-9(5-3-8)11(14)15/h2-5,10,13H,1,6H2/q+1/t10-/m1/s1. The number of nitro benzene ring substituents is 1. The van der Waals surface area contributed by atoms with Gasteiger partial charge in [0.05, 0.1) is 17.4 Å². The van der Waals surface area contributed by atoms with E-state index in [2.05, 4.69) is 6.92 Å². The van der Waals surface area contributed by atoms with Crippen molar-refractivity contribution in [2.75, 3.05) is 0 Å². The molecule has 78 valence electrons. The predicted octanol–water partition coefficient (Wildman–Crippen LogP) is 1.42. The highest BCUT2D eigenvalue weighted by Gasteiger charge is 2.14. The number of nitrogens with zero attached hydrogens (tertiary/aromatic N) is 1. The van der Waals surface area contributed by atoms with Gasteiger partial charge in [-0.2, -0.15) is 0 Å². The summed E-state index contributed by atoms with van der Waals surface area (Å²) in [5.74, 6) is -0.374. The SMILES string of the molecule is [CH2+]C(=O)C[C@@H](O)c1ccc([N+](=O)[O-])cc1. The van der Waals surface area contributed by atoms with Gasteiger partial charge in [0.15, 0.2) is 0 Å². The lowest BCUT2D eigenvalue weighted by molar-refractivity contribution is -0.384. The third kappa shape index (κ3) is 3.07. The molecular formula is C10H10NO4+. The summed E-state index contributed by atoms with van der Waals surface area (Å²) in [7, 11) is 0. The Morgan fingerprint density at radius 2 is 2.00 bits per heavy atom. The average molecular weight is 208 g/mol. The second kappa shape index (κ2) is 4.56. The summed E-state index contributed by atoms with van der Waals surface area (Å²) in [6, 6.07) is 5.41. The first-order chi connectivity index (χ1) is 7.00. The number of non-ortho nitro benzene ring substituents is 1. The van der Waals surface area contributed by atoms with Gasteiger partial charge in [0.2, 0.25) is 0 Å². The zero-order chi connectivity index (χ0) is 11.4. The maximum Gasteiger partial charge on any atom is 0.306 e. The molecule has 0 saturated carbocycles. The summed E-state index contributed by atoms with van der Waals surface area (Å²) < 4.78 is 0. The van der Waals surface area contributed by atoms with Gasteiger partial charge >= 0.3 is 5.78 Å². The Balaban J connectivity index is 2.79. The average Bonchev–Trinajstić information content (AvgIpc) is 2.17. The molecule has 15 heavy (non-hydrogen) atoms. The molecule has 0 spiro atoms. The number of benzene rings is 1. The van der Waals surface area contributed by atoms with Crippen molar-refractivity contribution in [1.82, 2.24) is 0 Å². The molecule has 5 heteroatoms. The van der Waals surface area contributed by atoms with Crippen LogP contribution in [0.2, 0.25) is 0 Å². The molecule has 0 aliphatic rings. The van der Waals surface area contributed by atoms with E-state index in [0.717, 1.165) is 0 Å². The smallest absolute Gasteiger partial charge is 0.306 e. The molecule has 0 fully saturated rings. The zero-order valence-electron chi connectivity index (χ0n) is 7.92. The molecule has 1 aromatic rings. The number of ketones is 1. The monoisotopic (exact) mass is 208 g/mol. The predicted molar refractivity (Wildman–Crippen MR) is 53.0 cm³/mol. The van der Waals surface area contributed by atoms with Crippen LogP contribution in [0.4, 0.5) is 5.69 Å². The van der Waals surface area contributed by atoms with Crippen LogP contribution in [0, 0.1) is 17.0 Å². The summed E-state index contributed by atoms with van der Waals surface area (Å²) >= 11 is 0. The molecule has 0 heterocycles. The number of carbonyl (C=O) groups excluding carboxylic acids is 1. The van der Waals surface area contributed by atoms with Crippen molar-refractivity contribution in [2.45, 2.75) is 12.5 Å². The molecule has 0 amide bonds. The maximum absolute atomic E-state index is 10.6. The molecule has 1 atom stereocenters. The molecule has 0 bridgehead atoms. The van der Waals surface area contributed by atoms with E-state index in [0.29, 0.717) is 5.56 Å². The van der Waals surface area contributed by atoms with E-state index in [4.69, 9.17) is 0 Å². The van der Waals surface area contributed by atoms with Crippen molar-refractivity contribution in [1.29, 1.82) is 0 Å². The number of nitro groups is 1. The van der Waals surface area contributed by atoms with Crippen LogP contribution >= 0.6 is 0 Å². The molecule has 5 nitrogen and oxygen atoms in total. The highest BCUT2D eigenvalue weighted by atomic mass is 16.6. The second-order valence-electron chi connectivity index (χ2n) is 3.11. The topological polar surface area (TPSA) is 80.4 Å². The van der Waals surface area contributed by atoms with E-state index in [9.17, 15) is 20.0 Å². The number of Topliss-reactive ketones (excluding diaryl/α,β-unsaturated/α-hetero) is 1. The van der Waals surface area contributed by atoms with Gasteiger partial charge in [-0.15, -0.1) is 0 Å². The molecule has 0 saturated heterocycles. The third-order valence-corrected chi connectivity index (χ3v) is 1.91. The summed E-state index contributed by atoms with van der Waals surface area (Å²) in [5.41, 5.74) is 0.421. The number of hydrogen-bond acceptors (Lipinski definition) is 4. The van der Waals surface area contributed by atoms with Gasteiger partial charge in [-0.25, -0.2) is 4.79 Å². The van der Waals surface area contributed by atoms with Gasteiger partial charge in [0.1, 0.15) is 6.92 Å². The minimum absolute atomic E-state index is 0.0492. The Morgan fingerprint density at radius 3 is 2.40 bits per heavy atom. The molecule has 0 aromatic heterocycles. The lowest BCUT2D eigenvalue weighted by Gasteiger charge is -2.05. The molecular weight excluding hydrogens is 198 g/mol. The van der Waals surface area contributed by atoms with E-state index in [1.54, 1.807) is 0 Å². The maximum atomic E-state index is 10.6. The fourth-order valence-electron chi connectivity index (χ4n) is 1.15. The van der Waals surface area contributed by atoms with Gasteiger partial charge in [-0.1, -0.05) is 0 Å². The number of aliphatic hydroxyl groups excluding tert-OH is 1. The first kappa shape index (κ1) is 11.2. The van der Waals surface area contributed by atoms with Crippen LogP contribution in [0.1, 0.15) is 18.1 Å². The third-order valence-electron chi connectivity index (χ3n) is 1.91. The van der Waals surface area contributed by atoms with Crippen LogP contribution < -0.4 is 0 Å². The quantitative estimate of drug-likeness (QED) is 0.461. The first-order valence-corrected chi connectivity index (χ1v) is 4.28. The fraction of sp³-hybridized carbons (Fsp3) is 0.200. The normalized spacial score (nSPS) is 12.1. The highest BCUT2D eigenvalue weighted by Crippen LogP contribution is 2.19. The molecule has 1 rings (SSSR count). The largest absolute Gasteiger partial charge is 0.388 e. The van der Waals surface area contributed by atoms with Crippen molar-refractivity contribution in [3.63, 3.8) is 0 Å². The summed E-state index contributed by atoms with van der Waals surface area (Å²) in [5, 5.41) is 19.8. The first-order valence-electron chi connectivity index (χ1n) is 4.28. The number of carbonyl (C=O) groups is 1. The number of aliphatic hydroxyl groups is 1. The molecule has 0 radical (unpaired) electrons. The fourth-order valence-corrected chi connectivity index (χ4v) is 1.15. The van der Waals surface area contributed by atoms with Crippen molar-refractivity contribution in [2.24, 2.45) is 0 Å². The van der Waals surface area contributed by atoms with Gasteiger partial charge in [0.25, 0.3) is 5.69 Å². The molecule has 1 aromatic carbocycles. The van der Waals surface area contributed by atoms with E-state index >= 15 is 0 Å². The van der Waals surface area contributed by atoms with Crippen molar-refractivity contribution >= 4 is 11.5 Å². The van der Waals surface area contributed by atoms with E-state index < -0.39 is 11.0 Å². The second-order valence-corrected chi connectivity index (χ2v) is 3.11. The van der Waals surface area contributed by atoms with Crippen molar-refractivity contribution < 1.29 is 14.8 Å². The molecule has 1 N–H and O–H groups in total. The van der Waals surface area contributed by atoms with Crippen LogP contribution in [0.25, 0.3) is 0 Å². The Kier molecular flexibility index (Phi) is 3.41. The Bertz CT molecular complexity index is 372. The molecule has 0 unspecified atom stereocenters. The molecule has 0 aliphatic heterocycles. The van der Waals surface area contributed by atoms with E-state index in [1.165, 1.54) is 24.3 Å². The highest BCUT2D eigenvalue weighted by molar-refractivity contribution is 5.83. The van der Waals surface area contributed by atoms with Crippen LogP contribution in [0.3, 0.4) is 0 Å². The summed E-state index contributed by atoms with van der Waals surface area (Å²) in [4.78, 5) is 20.4. The van der Waals surface area contributed by atoms with Gasteiger partial charge in [0, 0.05) is 12.1 Å². The van der Waals surface area contributed by atoms with Crippen LogP contribution in [0.5, 0.6) is 0 Å². The molecule has 0 aliphatic carbocycles. The summed E-state index contributed by atoms with van der Waals surface area (Å²) in [6.45, 7) is 3.14. The van der Waals surface area contributed by atoms with Gasteiger partial charge in [-0.05, 0) is 17.7 Å². The summed E-state index contributed by atoms with van der Waals surface area (Å²) in [6.07, 6.45) is -1.03. The zero-order valence-corrected chi connectivity index (χ0v) is 7.92. The van der Waals surface area contributed by atoms with Crippen molar-refractivity contribution in [3.8, 4) is 0 Å². The van der Waals surface area contributed by atoms with E-state index in [1.807, 2.05) is 0 Å². The lowest BCUT2D eigenvalue weighted by Crippen LogP contribution is -2.03. The number of rotatable bonds is 4. The Hall–Kier alpha value is -1.88. The minimum Gasteiger partial charge on any atom is -0.388 e. The Labute approximate surface area is 86.5 Å². The minimum atomic E-state index is -0.948. The van der Waals surface area contributed by atoms with Crippen LogP contribution in [-0.4, -0.2) is 15.8 Å². The number of hydrogen-bond donors (Lipinski definition) is 1. The van der Waals surface area contributed by atoms with Crippen LogP contribution in [-0.2, 0) is 4.79 Å². The van der Waals surface area contributed by atoms with Gasteiger partial charge < -0.3 is 5.11 Å². The van der Waals surface area contributed by atoms with Crippen LogP contribution in [0.15, 0.2) is 24.3 Å². The van der Waals surface area contributed by atoms with Crippen molar-refractivity contribution in [3.05, 3.63) is 46.9 Å². The Morgan fingerprint density at radius 1 is 1.47 bits per heavy atom. The van der Waals surface area contributed by atoms with Gasteiger partial charge in [-0.3, -0.25) is 10.1 Å². The lowest BCUT2D eigenvalue weighted by atomic mass is 10.0. The van der Waals surface area contributed by atoms with E-state index in [-0.39, 0.29) is 17.9 Å².